The molecule has 0 radical (unpaired) electrons. The van der Waals surface area contributed by atoms with Gasteiger partial charge in [0.05, 0.1) is 6.61 Å². The number of hydrogen-bond donors (Lipinski definition) is 1. The van der Waals surface area contributed by atoms with Gasteiger partial charge in [-0.25, -0.2) is 4.18 Å². The maximum absolute atomic E-state index is 10.4. The lowest BCUT2D eigenvalue weighted by atomic mass is 9.94. The van der Waals surface area contributed by atoms with E-state index in [1.165, 1.54) is 38.5 Å². The van der Waals surface area contributed by atoms with Crippen LogP contribution in [0.5, 0.6) is 0 Å². The Labute approximate surface area is 118 Å². The molecule has 0 rings (SSSR count). The summed E-state index contributed by atoms with van der Waals surface area (Å²) >= 11 is 0. The first-order chi connectivity index (χ1) is 8.85. The molecule has 0 bridgehead atoms. The Balaban J connectivity index is 3.52. The van der Waals surface area contributed by atoms with E-state index in [2.05, 4.69) is 18.0 Å². The Kier molecular flexibility index (Phi) is 10.6. The van der Waals surface area contributed by atoms with Gasteiger partial charge in [-0.3, -0.25) is 4.55 Å². The van der Waals surface area contributed by atoms with Crippen molar-refractivity contribution in [2.75, 3.05) is 6.61 Å². The van der Waals surface area contributed by atoms with E-state index in [1.54, 1.807) is 0 Å². The SMILES string of the molecule is CCCCCCCC(C)CCC(C)COS(=O)(=O)O. The van der Waals surface area contributed by atoms with Gasteiger partial charge >= 0.3 is 10.4 Å². The molecule has 0 spiro atoms. The second-order valence-corrected chi connectivity index (χ2v) is 6.79. The molecular formula is C14H30O4S. The van der Waals surface area contributed by atoms with Crippen molar-refractivity contribution in [3.8, 4) is 0 Å². The second-order valence-electron chi connectivity index (χ2n) is 5.70. The van der Waals surface area contributed by atoms with Crippen molar-refractivity contribution in [2.45, 2.75) is 72.1 Å². The zero-order valence-electron chi connectivity index (χ0n) is 12.6. The maximum Gasteiger partial charge on any atom is 0.397 e. The Morgan fingerprint density at radius 1 is 0.947 bits per heavy atom. The largest absolute Gasteiger partial charge is 0.397 e. The summed E-state index contributed by atoms with van der Waals surface area (Å²) in [4.78, 5) is 0. The quantitative estimate of drug-likeness (QED) is 0.432. The fourth-order valence-corrected chi connectivity index (χ4v) is 2.50. The van der Waals surface area contributed by atoms with E-state index in [4.69, 9.17) is 4.55 Å². The van der Waals surface area contributed by atoms with Gasteiger partial charge in [-0.2, -0.15) is 8.42 Å². The topological polar surface area (TPSA) is 63.6 Å². The van der Waals surface area contributed by atoms with Crippen LogP contribution in [0.3, 0.4) is 0 Å². The molecule has 0 aliphatic carbocycles. The minimum Gasteiger partial charge on any atom is -0.264 e. The maximum atomic E-state index is 10.4. The van der Waals surface area contributed by atoms with E-state index in [0.717, 1.165) is 12.8 Å². The molecule has 4 nitrogen and oxygen atoms in total. The lowest BCUT2D eigenvalue weighted by Crippen LogP contribution is -2.12. The van der Waals surface area contributed by atoms with E-state index in [-0.39, 0.29) is 12.5 Å². The first-order valence-electron chi connectivity index (χ1n) is 7.47. The van der Waals surface area contributed by atoms with Gasteiger partial charge in [0, 0.05) is 0 Å². The van der Waals surface area contributed by atoms with Crippen molar-refractivity contribution in [3.63, 3.8) is 0 Å². The van der Waals surface area contributed by atoms with E-state index in [0.29, 0.717) is 5.92 Å². The Bertz CT molecular complexity index is 301. The van der Waals surface area contributed by atoms with Crippen molar-refractivity contribution in [3.05, 3.63) is 0 Å². The second kappa shape index (κ2) is 10.6. The predicted octanol–water partition coefficient (Wildman–Crippen LogP) is 4.22. The van der Waals surface area contributed by atoms with E-state index in [1.807, 2.05) is 6.92 Å². The minimum atomic E-state index is -4.28. The van der Waals surface area contributed by atoms with Crippen LogP contribution in [0.1, 0.15) is 72.1 Å². The van der Waals surface area contributed by atoms with E-state index < -0.39 is 10.4 Å². The molecule has 0 aromatic heterocycles. The van der Waals surface area contributed by atoms with Crippen LogP contribution < -0.4 is 0 Å². The standard InChI is InChI=1S/C14H30O4S/c1-4-5-6-7-8-9-13(2)10-11-14(3)12-18-19(15,16)17/h13-14H,4-12H2,1-3H3,(H,15,16,17). The first-order valence-corrected chi connectivity index (χ1v) is 8.83. The molecule has 0 saturated carbocycles. The highest BCUT2D eigenvalue weighted by Gasteiger charge is 2.11. The van der Waals surface area contributed by atoms with Gasteiger partial charge in [0.15, 0.2) is 0 Å². The van der Waals surface area contributed by atoms with Gasteiger partial charge in [-0.1, -0.05) is 65.7 Å². The van der Waals surface area contributed by atoms with Crippen molar-refractivity contribution in [1.29, 1.82) is 0 Å². The monoisotopic (exact) mass is 294 g/mol. The Hall–Kier alpha value is -0.130. The summed E-state index contributed by atoms with van der Waals surface area (Å²) in [5.41, 5.74) is 0. The third-order valence-corrected chi connectivity index (χ3v) is 3.89. The normalized spacial score (nSPS) is 15.4. The molecule has 0 amide bonds. The fraction of sp³-hybridized carbons (Fsp3) is 1.00. The molecule has 0 aliphatic rings. The third kappa shape index (κ3) is 14.1. The van der Waals surface area contributed by atoms with Crippen molar-refractivity contribution >= 4 is 10.4 Å². The lowest BCUT2D eigenvalue weighted by Gasteiger charge is -2.14. The summed E-state index contributed by atoms with van der Waals surface area (Å²) in [5, 5.41) is 0. The minimum absolute atomic E-state index is 0.0715. The van der Waals surface area contributed by atoms with Gasteiger partial charge in [0.25, 0.3) is 0 Å². The molecule has 0 heterocycles. The zero-order valence-corrected chi connectivity index (χ0v) is 13.4. The summed E-state index contributed by atoms with van der Waals surface area (Å²) in [7, 11) is -4.28. The molecule has 0 saturated heterocycles. The molecule has 0 aromatic rings. The van der Waals surface area contributed by atoms with Gasteiger partial charge in [0.1, 0.15) is 0 Å². The van der Waals surface area contributed by atoms with Crippen molar-refractivity contribution in [2.24, 2.45) is 11.8 Å². The smallest absolute Gasteiger partial charge is 0.264 e. The van der Waals surface area contributed by atoms with Crippen molar-refractivity contribution in [1.82, 2.24) is 0 Å². The van der Waals surface area contributed by atoms with Gasteiger partial charge in [0.2, 0.25) is 0 Å². The van der Waals surface area contributed by atoms with Gasteiger partial charge < -0.3 is 0 Å². The van der Waals surface area contributed by atoms with Crippen LogP contribution >= 0.6 is 0 Å². The van der Waals surface area contributed by atoms with Crippen LogP contribution in [0.25, 0.3) is 0 Å². The van der Waals surface area contributed by atoms with Crippen LogP contribution in [0, 0.1) is 11.8 Å². The lowest BCUT2D eigenvalue weighted by molar-refractivity contribution is 0.218. The van der Waals surface area contributed by atoms with Crippen LogP contribution in [-0.4, -0.2) is 19.6 Å². The molecule has 2 atom stereocenters. The summed E-state index contributed by atoms with van der Waals surface area (Å²) in [5.74, 6) is 0.833. The summed E-state index contributed by atoms with van der Waals surface area (Å²) in [6.07, 6.45) is 9.82. The molecule has 116 valence electrons. The van der Waals surface area contributed by atoms with E-state index in [9.17, 15) is 8.42 Å². The molecule has 0 aromatic carbocycles. The van der Waals surface area contributed by atoms with Gasteiger partial charge in [-0.05, 0) is 18.3 Å². The zero-order chi connectivity index (χ0) is 14.7. The highest BCUT2D eigenvalue weighted by molar-refractivity contribution is 7.80. The average Bonchev–Trinajstić information content (AvgIpc) is 2.32. The number of rotatable bonds is 12. The van der Waals surface area contributed by atoms with Crippen LogP contribution in [0.15, 0.2) is 0 Å². The molecule has 0 fully saturated rings. The first kappa shape index (κ1) is 18.9. The predicted molar refractivity (Wildman–Crippen MR) is 78.4 cm³/mol. The fourth-order valence-electron chi connectivity index (χ4n) is 2.10. The molecule has 5 heteroatoms. The van der Waals surface area contributed by atoms with Crippen LogP contribution in [0.2, 0.25) is 0 Å². The highest BCUT2D eigenvalue weighted by atomic mass is 32.3. The van der Waals surface area contributed by atoms with Gasteiger partial charge in [-0.15, -0.1) is 0 Å². The molecule has 19 heavy (non-hydrogen) atoms. The molecule has 0 aliphatic heterocycles. The van der Waals surface area contributed by atoms with Crippen molar-refractivity contribution < 1.29 is 17.2 Å². The molecular weight excluding hydrogens is 264 g/mol. The highest BCUT2D eigenvalue weighted by Crippen LogP contribution is 2.19. The molecule has 2 unspecified atom stereocenters. The third-order valence-electron chi connectivity index (χ3n) is 3.45. The van der Waals surface area contributed by atoms with Crippen LogP contribution in [0.4, 0.5) is 0 Å². The summed E-state index contributed by atoms with van der Waals surface area (Å²) < 4.78 is 33.7. The summed E-state index contributed by atoms with van der Waals surface area (Å²) in [6, 6.07) is 0. The Morgan fingerprint density at radius 2 is 1.53 bits per heavy atom. The van der Waals surface area contributed by atoms with E-state index >= 15 is 0 Å². The number of hydrogen-bond acceptors (Lipinski definition) is 3. The average molecular weight is 294 g/mol. The summed E-state index contributed by atoms with van der Waals surface area (Å²) in [6.45, 7) is 6.48. The molecule has 1 N–H and O–H groups in total. The van der Waals surface area contributed by atoms with Crippen LogP contribution in [-0.2, 0) is 14.6 Å². The number of unbranched alkanes of at least 4 members (excludes halogenated alkanes) is 4. The Morgan fingerprint density at radius 3 is 2.11 bits per heavy atom.